The number of hydrogen-bond donors (Lipinski definition) is 1. The van der Waals surface area contributed by atoms with Crippen LogP contribution in [0.3, 0.4) is 0 Å². The van der Waals surface area contributed by atoms with E-state index in [1.54, 1.807) is 31.2 Å². The molecule has 120 valence electrons. The van der Waals surface area contributed by atoms with Crippen molar-refractivity contribution < 1.29 is 14.6 Å². The second kappa shape index (κ2) is 8.11. The van der Waals surface area contributed by atoms with Crippen LogP contribution < -0.4 is 0 Å². The van der Waals surface area contributed by atoms with Gasteiger partial charge in [0.25, 0.3) is 0 Å². The van der Waals surface area contributed by atoms with Gasteiger partial charge < -0.3 is 14.7 Å². The van der Waals surface area contributed by atoms with Gasteiger partial charge in [-0.15, -0.1) is 0 Å². The van der Waals surface area contributed by atoms with Crippen molar-refractivity contribution in [3.8, 4) is 0 Å². The molecule has 0 heterocycles. The number of likely N-dealkylation sites (N-methyl/N-ethyl adjacent to an activating group) is 1. The summed E-state index contributed by atoms with van der Waals surface area (Å²) in [5.74, 6) is -0.0929. The lowest BCUT2D eigenvalue weighted by molar-refractivity contribution is -0.131. The van der Waals surface area contributed by atoms with Gasteiger partial charge in [-0.1, -0.05) is 43.2 Å². The fourth-order valence-corrected chi connectivity index (χ4v) is 2.98. The van der Waals surface area contributed by atoms with Crippen LogP contribution >= 0.6 is 0 Å². The van der Waals surface area contributed by atoms with Crippen molar-refractivity contribution in [2.24, 2.45) is 0 Å². The molecule has 1 aromatic rings. The number of ether oxygens (including phenoxy) is 1. The van der Waals surface area contributed by atoms with E-state index in [2.05, 4.69) is 0 Å². The van der Waals surface area contributed by atoms with E-state index in [1.165, 1.54) is 0 Å². The van der Waals surface area contributed by atoms with Crippen LogP contribution in [0.2, 0.25) is 0 Å². The van der Waals surface area contributed by atoms with Crippen molar-refractivity contribution in [1.82, 2.24) is 4.90 Å². The van der Waals surface area contributed by atoms with Crippen LogP contribution in [0.5, 0.6) is 0 Å². The van der Waals surface area contributed by atoms with Gasteiger partial charge in [-0.3, -0.25) is 4.79 Å². The van der Waals surface area contributed by atoms with Crippen molar-refractivity contribution in [3.05, 3.63) is 42.0 Å². The maximum atomic E-state index is 12.4. The molecule has 4 nitrogen and oxygen atoms in total. The number of amides is 1. The van der Waals surface area contributed by atoms with Crippen LogP contribution in [-0.4, -0.2) is 48.3 Å². The third kappa shape index (κ3) is 4.18. The summed E-state index contributed by atoms with van der Waals surface area (Å²) in [7, 11) is 3.37. The summed E-state index contributed by atoms with van der Waals surface area (Å²) < 4.78 is 5.37. The molecular formula is C18H25NO3. The summed E-state index contributed by atoms with van der Waals surface area (Å²) in [5, 5.41) is 10.5. The number of methoxy groups -OCH3 is 1. The zero-order valence-corrected chi connectivity index (χ0v) is 13.3. The van der Waals surface area contributed by atoms with E-state index in [-0.39, 0.29) is 18.1 Å². The Labute approximate surface area is 132 Å². The molecule has 0 unspecified atom stereocenters. The Balaban J connectivity index is 2.03. The average molecular weight is 303 g/mol. The molecule has 1 aromatic carbocycles. The Bertz CT molecular complexity index is 500. The fraction of sp³-hybridized carbons (Fsp3) is 0.500. The highest BCUT2D eigenvalue weighted by Gasteiger charge is 2.33. The highest BCUT2D eigenvalue weighted by atomic mass is 16.5. The van der Waals surface area contributed by atoms with Gasteiger partial charge in [0, 0.05) is 20.2 Å². The number of benzene rings is 1. The Morgan fingerprint density at radius 2 is 1.95 bits per heavy atom. The third-order valence-electron chi connectivity index (χ3n) is 4.38. The quantitative estimate of drug-likeness (QED) is 0.687. The van der Waals surface area contributed by atoms with Crippen LogP contribution in [0.1, 0.15) is 31.2 Å². The summed E-state index contributed by atoms with van der Waals surface area (Å²) in [6.07, 6.45) is 6.21. The van der Waals surface area contributed by atoms with Crippen molar-refractivity contribution >= 4 is 12.0 Å². The Morgan fingerprint density at radius 1 is 1.27 bits per heavy atom. The number of rotatable bonds is 4. The van der Waals surface area contributed by atoms with Crippen LogP contribution in [-0.2, 0) is 9.53 Å². The Morgan fingerprint density at radius 3 is 2.64 bits per heavy atom. The van der Waals surface area contributed by atoms with Crippen molar-refractivity contribution in [1.29, 1.82) is 0 Å². The first-order chi connectivity index (χ1) is 10.6. The molecular weight excluding hydrogens is 278 g/mol. The monoisotopic (exact) mass is 303 g/mol. The molecule has 0 bridgehead atoms. The molecule has 3 atom stereocenters. The lowest BCUT2D eigenvalue weighted by atomic mass is 10.0. The van der Waals surface area contributed by atoms with E-state index in [0.717, 1.165) is 31.2 Å². The molecule has 2 rings (SSSR count). The van der Waals surface area contributed by atoms with E-state index < -0.39 is 6.10 Å². The standard InChI is InChI=1S/C18H25NO3/c1-19(15-10-6-7-11-16(22-2)18(15)21)17(20)13-12-14-8-4-3-5-9-14/h3-5,8-9,12-13,15-16,18,21H,6-7,10-11H2,1-2H3/b13-12+/t15-,16-,18-/m1/s1. The molecule has 0 radical (unpaired) electrons. The number of carbonyl (C=O) groups excluding carboxylic acids is 1. The first-order valence-corrected chi connectivity index (χ1v) is 7.84. The molecule has 0 aliphatic heterocycles. The Kier molecular flexibility index (Phi) is 6.16. The maximum absolute atomic E-state index is 12.4. The summed E-state index contributed by atoms with van der Waals surface area (Å²) >= 11 is 0. The van der Waals surface area contributed by atoms with E-state index in [0.29, 0.717) is 0 Å². The number of carbonyl (C=O) groups is 1. The first-order valence-electron chi connectivity index (χ1n) is 7.84. The van der Waals surface area contributed by atoms with Gasteiger partial charge in [0.2, 0.25) is 5.91 Å². The van der Waals surface area contributed by atoms with Crippen molar-refractivity contribution in [2.75, 3.05) is 14.2 Å². The summed E-state index contributed by atoms with van der Waals surface area (Å²) in [6, 6.07) is 9.52. The number of hydrogen-bond acceptors (Lipinski definition) is 3. The summed E-state index contributed by atoms with van der Waals surface area (Å²) in [4.78, 5) is 14.0. The van der Waals surface area contributed by atoms with Crippen molar-refractivity contribution in [2.45, 2.75) is 43.9 Å². The van der Waals surface area contributed by atoms with Gasteiger partial charge in [0.15, 0.2) is 0 Å². The van der Waals surface area contributed by atoms with E-state index >= 15 is 0 Å². The van der Waals surface area contributed by atoms with Gasteiger partial charge in [0.1, 0.15) is 6.10 Å². The molecule has 0 spiro atoms. The summed E-state index contributed by atoms with van der Waals surface area (Å²) in [6.45, 7) is 0. The molecule has 1 aliphatic rings. The smallest absolute Gasteiger partial charge is 0.246 e. The number of aliphatic hydroxyl groups is 1. The van der Waals surface area contributed by atoms with Crippen LogP contribution in [0.15, 0.2) is 36.4 Å². The molecule has 0 saturated heterocycles. The molecule has 0 aromatic heterocycles. The lowest BCUT2D eigenvalue weighted by Crippen LogP contribution is -2.48. The van der Waals surface area contributed by atoms with Crippen molar-refractivity contribution in [3.63, 3.8) is 0 Å². The van der Waals surface area contributed by atoms with Crippen LogP contribution in [0.25, 0.3) is 6.08 Å². The predicted molar refractivity (Wildman–Crippen MR) is 87.3 cm³/mol. The van der Waals surface area contributed by atoms with E-state index in [9.17, 15) is 9.90 Å². The van der Waals surface area contributed by atoms with Crippen LogP contribution in [0.4, 0.5) is 0 Å². The Hall–Kier alpha value is -1.65. The van der Waals surface area contributed by atoms with Crippen LogP contribution in [0, 0.1) is 0 Å². The SMILES string of the molecule is CO[C@@H]1CCCC[C@@H](N(C)C(=O)/C=C/c2ccccc2)[C@H]1O. The zero-order chi connectivity index (χ0) is 15.9. The second-order valence-electron chi connectivity index (χ2n) is 5.81. The topological polar surface area (TPSA) is 49.8 Å². The molecule has 4 heteroatoms. The highest BCUT2D eigenvalue weighted by molar-refractivity contribution is 5.91. The lowest BCUT2D eigenvalue weighted by Gasteiger charge is -2.33. The zero-order valence-electron chi connectivity index (χ0n) is 13.3. The minimum absolute atomic E-state index is 0.0929. The minimum Gasteiger partial charge on any atom is -0.388 e. The van der Waals surface area contributed by atoms with Gasteiger partial charge in [-0.05, 0) is 24.5 Å². The average Bonchev–Trinajstić information content (AvgIpc) is 2.74. The normalized spacial score (nSPS) is 25.9. The number of nitrogens with zero attached hydrogens (tertiary/aromatic N) is 1. The minimum atomic E-state index is -0.633. The fourth-order valence-electron chi connectivity index (χ4n) is 2.98. The largest absolute Gasteiger partial charge is 0.388 e. The number of aliphatic hydroxyl groups excluding tert-OH is 1. The van der Waals surface area contributed by atoms with E-state index in [4.69, 9.17) is 4.74 Å². The molecule has 22 heavy (non-hydrogen) atoms. The maximum Gasteiger partial charge on any atom is 0.246 e. The third-order valence-corrected chi connectivity index (χ3v) is 4.38. The molecule has 1 aliphatic carbocycles. The molecule has 1 fully saturated rings. The van der Waals surface area contributed by atoms with Gasteiger partial charge in [-0.25, -0.2) is 0 Å². The van der Waals surface area contributed by atoms with E-state index in [1.807, 2.05) is 30.3 Å². The summed E-state index contributed by atoms with van der Waals surface area (Å²) in [5.41, 5.74) is 0.987. The second-order valence-corrected chi connectivity index (χ2v) is 5.81. The van der Waals surface area contributed by atoms with Gasteiger partial charge >= 0.3 is 0 Å². The molecule has 1 saturated carbocycles. The van der Waals surface area contributed by atoms with Gasteiger partial charge in [-0.2, -0.15) is 0 Å². The first kappa shape index (κ1) is 16.7. The predicted octanol–water partition coefficient (Wildman–Crippen LogP) is 2.48. The molecule has 1 amide bonds. The highest BCUT2D eigenvalue weighted by Crippen LogP contribution is 2.24. The van der Waals surface area contributed by atoms with Gasteiger partial charge in [0.05, 0.1) is 12.1 Å². The molecule has 1 N–H and O–H groups in total.